The van der Waals surface area contributed by atoms with E-state index in [4.69, 9.17) is 5.26 Å². The van der Waals surface area contributed by atoms with Crippen LogP contribution in [0.15, 0.2) is 54.6 Å². The van der Waals surface area contributed by atoms with Crippen molar-refractivity contribution in [1.29, 1.82) is 5.26 Å². The second-order valence-electron chi connectivity index (χ2n) is 4.14. The van der Waals surface area contributed by atoms with E-state index in [1.165, 1.54) is 0 Å². The van der Waals surface area contributed by atoms with Gasteiger partial charge in [-0.1, -0.05) is 54.6 Å². The molecule has 1 atom stereocenters. The number of hydrogen-bond donors (Lipinski definition) is 0. The van der Waals surface area contributed by atoms with Gasteiger partial charge in [0, 0.05) is 0 Å². The molecule has 0 bridgehead atoms. The van der Waals surface area contributed by atoms with Gasteiger partial charge >= 0.3 is 0 Å². The molecule has 0 fully saturated rings. The highest BCUT2D eigenvalue weighted by molar-refractivity contribution is 5.64. The Morgan fingerprint density at radius 3 is 2.17 bits per heavy atom. The fourth-order valence-corrected chi connectivity index (χ4v) is 1.84. The topological polar surface area (TPSA) is 40.9 Å². The average molecular weight is 235 g/mol. The van der Waals surface area contributed by atoms with Crippen LogP contribution in [0.25, 0.3) is 11.1 Å². The number of benzene rings is 2. The molecular formula is C16H13NO. The van der Waals surface area contributed by atoms with Gasteiger partial charge in [0.15, 0.2) is 0 Å². The van der Waals surface area contributed by atoms with Crippen molar-refractivity contribution in [3.05, 3.63) is 60.2 Å². The maximum atomic E-state index is 10.6. The fourth-order valence-electron chi connectivity index (χ4n) is 1.84. The minimum atomic E-state index is -0.549. The molecule has 2 aromatic rings. The van der Waals surface area contributed by atoms with Crippen LogP contribution in [0, 0.1) is 17.2 Å². The van der Waals surface area contributed by atoms with Gasteiger partial charge in [-0.05, 0) is 23.1 Å². The molecule has 2 rings (SSSR count). The van der Waals surface area contributed by atoms with Crippen LogP contribution in [0.5, 0.6) is 0 Å². The van der Waals surface area contributed by atoms with Crippen molar-refractivity contribution >= 4 is 6.29 Å². The molecule has 88 valence electrons. The molecule has 0 aliphatic rings. The van der Waals surface area contributed by atoms with Crippen LogP contribution in [-0.2, 0) is 11.2 Å². The lowest BCUT2D eigenvalue weighted by Gasteiger charge is -2.05. The Labute approximate surface area is 107 Å². The zero-order valence-electron chi connectivity index (χ0n) is 9.91. The van der Waals surface area contributed by atoms with E-state index in [0.29, 0.717) is 12.7 Å². The summed E-state index contributed by atoms with van der Waals surface area (Å²) in [6.07, 6.45) is 1.18. The van der Waals surface area contributed by atoms with Crippen molar-refractivity contribution in [2.45, 2.75) is 6.42 Å². The average Bonchev–Trinajstić information content (AvgIpc) is 2.46. The normalized spacial score (nSPS) is 11.5. The smallest absolute Gasteiger partial charge is 0.137 e. The molecule has 0 aliphatic carbocycles. The lowest BCUT2D eigenvalue weighted by molar-refractivity contribution is -0.109. The molecule has 1 unspecified atom stereocenters. The number of nitriles is 1. The van der Waals surface area contributed by atoms with Crippen molar-refractivity contribution < 1.29 is 4.79 Å². The van der Waals surface area contributed by atoms with Crippen LogP contribution in [0.3, 0.4) is 0 Å². The van der Waals surface area contributed by atoms with E-state index in [2.05, 4.69) is 12.1 Å². The number of aldehydes is 1. The molecule has 0 N–H and O–H groups in total. The Balaban J connectivity index is 2.16. The minimum Gasteiger partial charge on any atom is -0.302 e. The first-order chi connectivity index (χ1) is 8.83. The van der Waals surface area contributed by atoms with Crippen molar-refractivity contribution in [2.24, 2.45) is 5.92 Å². The Morgan fingerprint density at radius 1 is 1.00 bits per heavy atom. The molecule has 0 spiro atoms. The first-order valence-corrected chi connectivity index (χ1v) is 5.83. The van der Waals surface area contributed by atoms with Gasteiger partial charge in [-0.25, -0.2) is 0 Å². The molecule has 0 aliphatic heterocycles. The van der Waals surface area contributed by atoms with Crippen molar-refractivity contribution in [3.8, 4) is 17.2 Å². The van der Waals surface area contributed by atoms with E-state index < -0.39 is 5.92 Å². The first kappa shape index (κ1) is 12.1. The van der Waals surface area contributed by atoms with Gasteiger partial charge in [-0.15, -0.1) is 0 Å². The summed E-state index contributed by atoms with van der Waals surface area (Å²) < 4.78 is 0. The third-order valence-electron chi connectivity index (χ3n) is 2.85. The first-order valence-electron chi connectivity index (χ1n) is 5.83. The SMILES string of the molecule is N#CC(C=O)Cc1ccc(-c2ccccc2)cc1. The number of rotatable bonds is 4. The summed E-state index contributed by atoms with van der Waals surface area (Å²) in [7, 11) is 0. The third kappa shape index (κ3) is 2.83. The highest BCUT2D eigenvalue weighted by Gasteiger charge is 2.06. The van der Waals surface area contributed by atoms with Crippen molar-refractivity contribution in [1.82, 2.24) is 0 Å². The van der Waals surface area contributed by atoms with Crippen LogP contribution >= 0.6 is 0 Å². The van der Waals surface area contributed by atoms with E-state index in [9.17, 15) is 4.79 Å². The molecule has 0 heterocycles. The minimum absolute atomic E-state index is 0.481. The number of hydrogen-bond acceptors (Lipinski definition) is 2. The maximum absolute atomic E-state index is 10.6. The molecule has 18 heavy (non-hydrogen) atoms. The number of carbonyl (C=O) groups excluding carboxylic acids is 1. The monoisotopic (exact) mass is 235 g/mol. The Kier molecular flexibility index (Phi) is 3.88. The summed E-state index contributed by atoms with van der Waals surface area (Å²) >= 11 is 0. The summed E-state index contributed by atoms with van der Waals surface area (Å²) in [4.78, 5) is 10.6. The van der Waals surface area contributed by atoms with Gasteiger partial charge in [-0.3, -0.25) is 0 Å². The molecule has 0 saturated carbocycles. The summed E-state index contributed by atoms with van der Waals surface area (Å²) in [6, 6.07) is 20.0. The quantitative estimate of drug-likeness (QED) is 0.763. The standard InChI is InChI=1S/C16H13NO/c17-11-14(12-18)10-13-6-8-16(9-7-13)15-4-2-1-3-5-15/h1-9,12,14H,10H2. The molecule has 2 heteroatoms. The summed E-state index contributed by atoms with van der Waals surface area (Å²) in [5.74, 6) is -0.549. The summed E-state index contributed by atoms with van der Waals surface area (Å²) in [5, 5.41) is 8.74. The van der Waals surface area contributed by atoms with E-state index in [1.54, 1.807) is 0 Å². The molecule has 2 nitrogen and oxygen atoms in total. The highest BCUT2D eigenvalue weighted by Crippen LogP contribution is 2.20. The lowest BCUT2D eigenvalue weighted by Crippen LogP contribution is -2.02. The van der Waals surface area contributed by atoms with Gasteiger partial charge in [0.25, 0.3) is 0 Å². The third-order valence-corrected chi connectivity index (χ3v) is 2.85. The molecule has 0 saturated heterocycles. The van der Waals surface area contributed by atoms with Gasteiger partial charge < -0.3 is 4.79 Å². The van der Waals surface area contributed by atoms with Crippen molar-refractivity contribution in [3.63, 3.8) is 0 Å². The Bertz CT molecular complexity index is 552. The fraction of sp³-hybridized carbons (Fsp3) is 0.125. The van der Waals surface area contributed by atoms with Gasteiger partial charge in [-0.2, -0.15) is 5.26 Å². The van der Waals surface area contributed by atoms with Crippen LogP contribution in [0.2, 0.25) is 0 Å². The van der Waals surface area contributed by atoms with E-state index in [1.807, 2.05) is 48.5 Å². The molecule has 0 amide bonds. The Hall–Kier alpha value is -2.40. The zero-order chi connectivity index (χ0) is 12.8. The van der Waals surface area contributed by atoms with Gasteiger partial charge in [0.1, 0.15) is 12.2 Å². The predicted molar refractivity (Wildman–Crippen MR) is 70.7 cm³/mol. The van der Waals surface area contributed by atoms with E-state index >= 15 is 0 Å². The van der Waals surface area contributed by atoms with Crippen LogP contribution in [-0.4, -0.2) is 6.29 Å². The second-order valence-corrected chi connectivity index (χ2v) is 4.14. The van der Waals surface area contributed by atoms with E-state index in [0.717, 1.165) is 16.7 Å². The Morgan fingerprint density at radius 2 is 1.61 bits per heavy atom. The molecule has 0 aromatic heterocycles. The van der Waals surface area contributed by atoms with Crippen LogP contribution in [0.4, 0.5) is 0 Å². The lowest BCUT2D eigenvalue weighted by atomic mass is 9.99. The number of nitrogens with zero attached hydrogens (tertiary/aromatic N) is 1. The highest BCUT2D eigenvalue weighted by atomic mass is 16.1. The van der Waals surface area contributed by atoms with Crippen LogP contribution < -0.4 is 0 Å². The van der Waals surface area contributed by atoms with Crippen LogP contribution in [0.1, 0.15) is 5.56 Å². The predicted octanol–water partition coefficient (Wildman–Crippen LogP) is 3.23. The molecular weight excluding hydrogens is 222 g/mol. The summed E-state index contributed by atoms with van der Waals surface area (Å²) in [5.41, 5.74) is 3.31. The second kappa shape index (κ2) is 5.79. The largest absolute Gasteiger partial charge is 0.302 e. The summed E-state index contributed by atoms with van der Waals surface area (Å²) in [6.45, 7) is 0. The van der Waals surface area contributed by atoms with Gasteiger partial charge in [0.05, 0.1) is 6.07 Å². The molecule has 2 aromatic carbocycles. The maximum Gasteiger partial charge on any atom is 0.137 e. The van der Waals surface area contributed by atoms with E-state index in [-0.39, 0.29) is 0 Å². The van der Waals surface area contributed by atoms with Crippen molar-refractivity contribution in [2.75, 3.05) is 0 Å². The zero-order valence-corrected chi connectivity index (χ0v) is 9.91. The molecule has 0 radical (unpaired) electrons. The van der Waals surface area contributed by atoms with Gasteiger partial charge in [0.2, 0.25) is 0 Å². The number of carbonyl (C=O) groups is 1.